The largest absolute Gasteiger partial charge is 0.497 e. The fourth-order valence-corrected chi connectivity index (χ4v) is 4.64. The number of piperidine rings is 1. The molecule has 30 heavy (non-hydrogen) atoms. The minimum absolute atomic E-state index is 0.194. The summed E-state index contributed by atoms with van der Waals surface area (Å²) in [6, 6.07) is 13.2. The fraction of sp³-hybridized carbons (Fsp3) is 0.375. The van der Waals surface area contributed by atoms with E-state index in [0.29, 0.717) is 30.0 Å². The number of carbonyl (C=O) groups excluding carboxylic acids is 3. The van der Waals surface area contributed by atoms with Gasteiger partial charge in [-0.05, 0) is 60.7 Å². The molecule has 1 saturated carbocycles. The summed E-state index contributed by atoms with van der Waals surface area (Å²) in [6.07, 6.45) is 1.38. The third-order valence-corrected chi connectivity index (χ3v) is 7.03. The van der Waals surface area contributed by atoms with E-state index in [0.717, 1.165) is 0 Å². The zero-order chi connectivity index (χ0) is 21.7. The molecule has 1 aliphatic carbocycles. The number of methoxy groups -OCH3 is 1. The van der Waals surface area contributed by atoms with E-state index in [-0.39, 0.29) is 28.7 Å². The van der Waals surface area contributed by atoms with Crippen LogP contribution >= 0.6 is 0 Å². The average molecular weight is 407 g/mol. The molecule has 2 bridgehead atoms. The van der Waals surface area contributed by atoms with Gasteiger partial charge in [-0.2, -0.15) is 0 Å². The van der Waals surface area contributed by atoms with Crippen molar-refractivity contribution in [2.24, 2.45) is 16.7 Å². The molecule has 156 valence electrons. The number of hydrogen-bond acceptors (Lipinski definition) is 5. The molecule has 2 aliphatic rings. The summed E-state index contributed by atoms with van der Waals surface area (Å²) >= 11 is 0. The first-order valence-corrected chi connectivity index (χ1v) is 10.0. The maximum Gasteiger partial charge on any atom is 0.343 e. The topological polar surface area (TPSA) is 72.9 Å². The highest BCUT2D eigenvalue weighted by Gasteiger charge is 2.64. The Labute approximate surface area is 175 Å². The lowest BCUT2D eigenvalue weighted by Crippen LogP contribution is -2.59. The number of ether oxygens (including phenoxy) is 2. The number of hydrogen-bond donors (Lipinski definition) is 0. The first-order valence-electron chi connectivity index (χ1n) is 10.0. The lowest BCUT2D eigenvalue weighted by Gasteiger charge is -2.47. The molecule has 1 heterocycles. The van der Waals surface area contributed by atoms with E-state index in [2.05, 4.69) is 0 Å². The molecule has 6 heteroatoms. The molecule has 2 fully saturated rings. The molecule has 4 rings (SSSR count). The van der Waals surface area contributed by atoms with Gasteiger partial charge in [0.15, 0.2) is 0 Å². The predicted octanol–water partition coefficient (Wildman–Crippen LogP) is 4.23. The Morgan fingerprint density at radius 2 is 1.70 bits per heavy atom. The van der Waals surface area contributed by atoms with E-state index < -0.39 is 11.4 Å². The van der Waals surface area contributed by atoms with Crippen LogP contribution in [0.25, 0.3) is 0 Å². The summed E-state index contributed by atoms with van der Waals surface area (Å²) < 4.78 is 10.5. The van der Waals surface area contributed by atoms with E-state index >= 15 is 0 Å². The molecule has 6 nitrogen and oxygen atoms in total. The molecular weight excluding hydrogens is 382 g/mol. The normalized spacial score (nSPS) is 24.7. The maximum atomic E-state index is 13.3. The van der Waals surface area contributed by atoms with Crippen molar-refractivity contribution in [1.82, 2.24) is 0 Å². The van der Waals surface area contributed by atoms with Gasteiger partial charge in [-0.3, -0.25) is 9.59 Å². The smallest absolute Gasteiger partial charge is 0.343 e. The number of esters is 1. The highest BCUT2D eigenvalue weighted by molar-refractivity contribution is 6.20. The highest BCUT2D eigenvalue weighted by Crippen LogP contribution is 2.60. The zero-order valence-corrected chi connectivity index (χ0v) is 17.6. The van der Waals surface area contributed by atoms with Crippen molar-refractivity contribution < 1.29 is 23.9 Å². The van der Waals surface area contributed by atoms with Crippen LogP contribution in [0.15, 0.2) is 48.5 Å². The van der Waals surface area contributed by atoms with Gasteiger partial charge < -0.3 is 9.47 Å². The first-order chi connectivity index (χ1) is 14.2. The van der Waals surface area contributed by atoms with Gasteiger partial charge in [0.1, 0.15) is 11.5 Å². The Hall–Kier alpha value is -3.15. The van der Waals surface area contributed by atoms with Crippen molar-refractivity contribution in [3.63, 3.8) is 0 Å². The number of fused-ring (bicyclic) bond motifs is 2. The zero-order valence-electron chi connectivity index (χ0n) is 17.6. The molecule has 1 aliphatic heterocycles. The van der Waals surface area contributed by atoms with Crippen LogP contribution in [0.2, 0.25) is 0 Å². The lowest BCUT2D eigenvalue weighted by atomic mass is 9.62. The van der Waals surface area contributed by atoms with E-state index in [9.17, 15) is 14.4 Å². The third kappa shape index (κ3) is 2.90. The Kier molecular flexibility index (Phi) is 4.68. The molecule has 2 aromatic rings. The van der Waals surface area contributed by atoms with Gasteiger partial charge in [0, 0.05) is 5.92 Å². The highest BCUT2D eigenvalue weighted by atomic mass is 16.5. The molecular formula is C24H25NO5. The van der Waals surface area contributed by atoms with Crippen molar-refractivity contribution in [3.8, 4) is 11.5 Å². The van der Waals surface area contributed by atoms with Crippen molar-refractivity contribution in [2.45, 2.75) is 33.6 Å². The molecule has 0 unspecified atom stereocenters. The average Bonchev–Trinajstić information content (AvgIpc) is 2.92. The lowest BCUT2D eigenvalue weighted by molar-refractivity contribution is -0.146. The van der Waals surface area contributed by atoms with E-state index in [1.165, 1.54) is 4.90 Å². The summed E-state index contributed by atoms with van der Waals surface area (Å²) in [7, 11) is 1.56. The number of nitrogens with zero attached hydrogens (tertiary/aromatic N) is 1. The molecule has 0 aromatic heterocycles. The molecule has 2 aromatic carbocycles. The summed E-state index contributed by atoms with van der Waals surface area (Å²) in [6.45, 7) is 5.94. The van der Waals surface area contributed by atoms with Crippen LogP contribution < -0.4 is 14.4 Å². The SMILES string of the molecule is COc1ccc(OC(=O)c2cccc(N3C(=O)[C@H]4CC[C@@](C)(C3=O)C4(C)C)c2)cc1. The monoisotopic (exact) mass is 407 g/mol. The van der Waals surface area contributed by atoms with Crippen LogP contribution in [0.1, 0.15) is 44.0 Å². The number of amides is 2. The first kappa shape index (κ1) is 20.1. The quantitative estimate of drug-likeness (QED) is 0.431. The van der Waals surface area contributed by atoms with Crippen LogP contribution in [0.5, 0.6) is 11.5 Å². The molecule has 0 N–H and O–H groups in total. The molecule has 0 spiro atoms. The van der Waals surface area contributed by atoms with E-state index in [1.54, 1.807) is 55.6 Å². The second-order valence-corrected chi connectivity index (χ2v) is 8.74. The number of benzene rings is 2. The van der Waals surface area contributed by atoms with E-state index in [4.69, 9.17) is 9.47 Å². The molecule has 0 radical (unpaired) electrons. The van der Waals surface area contributed by atoms with Crippen molar-refractivity contribution in [1.29, 1.82) is 0 Å². The third-order valence-electron chi connectivity index (χ3n) is 7.03. The fourth-order valence-electron chi connectivity index (χ4n) is 4.64. The number of rotatable bonds is 4. The minimum Gasteiger partial charge on any atom is -0.497 e. The van der Waals surface area contributed by atoms with Crippen LogP contribution in [-0.4, -0.2) is 24.9 Å². The molecule has 1 saturated heterocycles. The van der Waals surface area contributed by atoms with E-state index in [1.807, 2.05) is 20.8 Å². The summed E-state index contributed by atoms with van der Waals surface area (Å²) in [5.41, 5.74) is -0.317. The second kappa shape index (κ2) is 6.97. The molecule has 2 amide bonds. The van der Waals surface area contributed by atoms with Gasteiger partial charge in [-0.15, -0.1) is 0 Å². The van der Waals surface area contributed by atoms with Crippen molar-refractivity contribution in [3.05, 3.63) is 54.1 Å². The Balaban J connectivity index is 1.61. The van der Waals surface area contributed by atoms with Crippen LogP contribution in [-0.2, 0) is 9.59 Å². The summed E-state index contributed by atoms with van der Waals surface area (Å²) in [4.78, 5) is 40.4. The van der Waals surface area contributed by atoms with Crippen LogP contribution in [0.3, 0.4) is 0 Å². The predicted molar refractivity (Wildman–Crippen MR) is 111 cm³/mol. The van der Waals surface area contributed by atoms with Crippen molar-refractivity contribution in [2.75, 3.05) is 12.0 Å². The van der Waals surface area contributed by atoms with Crippen LogP contribution in [0.4, 0.5) is 5.69 Å². The Morgan fingerprint density at radius 3 is 2.37 bits per heavy atom. The van der Waals surface area contributed by atoms with Crippen LogP contribution in [0, 0.1) is 16.7 Å². The number of anilines is 1. The van der Waals surface area contributed by atoms with Crippen molar-refractivity contribution >= 4 is 23.5 Å². The van der Waals surface area contributed by atoms with Gasteiger partial charge in [0.2, 0.25) is 11.8 Å². The summed E-state index contributed by atoms with van der Waals surface area (Å²) in [5.74, 6) is -0.135. The maximum absolute atomic E-state index is 13.3. The second-order valence-electron chi connectivity index (χ2n) is 8.74. The van der Waals surface area contributed by atoms with Gasteiger partial charge in [-0.25, -0.2) is 9.69 Å². The van der Waals surface area contributed by atoms with Gasteiger partial charge in [-0.1, -0.05) is 26.8 Å². The summed E-state index contributed by atoms with van der Waals surface area (Å²) in [5, 5.41) is 0. The van der Waals surface area contributed by atoms with Gasteiger partial charge >= 0.3 is 5.97 Å². The van der Waals surface area contributed by atoms with Gasteiger partial charge in [0.25, 0.3) is 0 Å². The number of imide groups is 1. The molecule has 2 atom stereocenters. The van der Waals surface area contributed by atoms with Gasteiger partial charge in [0.05, 0.1) is 23.8 Å². The standard InChI is InChI=1S/C24H25NO5/c1-23(2)19-12-13-24(23,3)22(28)25(20(19)26)16-7-5-6-15(14-16)21(27)30-18-10-8-17(29-4)9-11-18/h5-11,14,19H,12-13H2,1-4H3/t19-,24+/m1/s1. The Bertz CT molecular complexity index is 1030. The Morgan fingerprint density at radius 1 is 1.03 bits per heavy atom. The minimum atomic E-state index is -0.606. The number of carbonyl (C=O) groups is 3.